The van der Waals surface area contributed by atoms with Crippen LogP contribution in [0.3, 0.4) is 0 Å². The maximum absolute atomic E-state index is 6.08. The number of aliphatic imine (C=N–C) groups is 1. The summed E-state index contributed by atoms with van der Waals surface area (Å²) >= 11 is 6.08. The molecule has 0 fully saturated rings. The van der Waals surface area contributed by atoms with Crippen molar-refractivity contribution in [1.29, 1.82) is 0 Å². The highest BCUT2D eigenvalue weighted by molar-refractivity contribution is 6.30. The van der Waals surface area contributed by atoms with Gasteiger partial charge in [0.15, 0.2) is 17.5 Å². The molecule has 0 aliphatic rings. The summed E-state index contributed by atoms with van der Waals surface area (Å²) < 4.78 is 16.2. The summed E-state index contributed by atoms with van der Waals surface area (Å²) in [5.41, 5.74) is 8.11. The Kier molecular flexibility index (Phi) is 8.75. The van der Waals surface area contributed by atoms with Gasteiger partial charge in [-0.05, 0) is 61.2 Å². The molecule has 0 unspecified atom stereocenters. The summed E-state index contributed by atoms with van der Waals surface area (Å²) in [5.74, 6) is 2.68. The Balaban J connectivity index is 1.83. The van der Waals surface area contributed by atoms with Crippen molar-refractivity contribution < 1.29 is 14.2 Å². The number of guanidine groups is 1. The van der Waals surface area contributed by atoms with Crippen LogP contribution in [0.1, 0.15) is 18.1 Å². The normalized spacial score (nSPS) is 11.2. The van der Waals surface area contributed by atoms with Crippen molar-refractivity contribution in [3.05, 3.63) is 52.5 Å². The van der Waals surface area contributed by atoms with Crippen LogP contribution in [-0.2, 0) is 12.8 Å². The van der Waals surface area contributed by atoms with Gasteiger partial charge in [-0.15, -0.1) is 0 Å². The molecule has 0 aliphatic heterocycles. The molecular weight excluding hydrogens is 378 g/mol. The second-order valence-corrected chi connectivity index (χ2v) is 6.50. The maximum atomic E-state index is 6.08. The minimum atomic E-state index is 0.417. The molecule has 0 heterocycles. The average molecular weight is 406 g/mol. The molecule has 0 aliphatic carbocycles. The molecule has 0 saturated heterocycles. The van der Waals surface area contributed by atoms with Crippen molar-refractivity contribution in [2.24, 2.45) is 10.7 Å². The van der Waals surface area contributed by atoms with Crippen LogP contribution >= 0.6 is 11.6 Å². The average Bonchev–Trinajstić information content (AvgIpc) is 2.70. The van der Waals surface area contributed by atoms with E-state index in [9.17, 15) is 0 Å². The molecule has 152 valence electrons. The van der Waals surface area contributed by atoms with E-state index in [1.807, 2.05) is 43.3 Å². The van der Waals surface area contributed by atoms with Crippen LogP contribution in [0.25, 0.3) is 0 Å². The topological polar surface area (TPSA) is 78.1 Å². The van der Waals surface area contributed by atoms with Crippen LogP contribution in [0, 0.1) is 0 Å². The molecule has 0 spiro atoms. The number of halogens is 1. The van der Waals surface area contributed by atoms with E-state index in [0.29, 0.717) is 48.6 Å². The van der Waals surface area contributed by atoms with Crippen LogP contribution in [-0.4, -0.2) is 39.9 Å². The molecule has 0 amide bonds. The SMILES string of the molecule is CCOc1ccc(Cl)cc1CCN=C(N)NCCc1ccc(OC)c(OC)c1. The quantitative estimate of drug-likeness (QED) is 0.467. The van der Waals surface area contributed by atoms with Crippen LogP contribution in [0.15, 0.2) is 41.4 Å². The fraction of sp³-hybridized carbons (Fsp3) is 0.381. The van der Waals surface area contributed by atoms with Crippen molar-refractivity contribution in [3.8, 4) is 17.2 Å². The number of hydrogen-bond donors (Lipinski definition) is 2. The number of benzene rings is 2. The van der Waals surface area contributed by atoms with E-state index < -0.39 is 0 Å². The molecule has 2 rings (SSSR count). The monoisotopic (exact) mass is 405 g/mol. The first-order chi connectivity index (χ1) is 13.6. The first-order valence-electron chi connectivity index (χ1n) is 9.23. The van der Waals surface area contributed by atoms with Gasteiger partial charge in [-0.3, -0.25) is 4.99 Å². The van der Waals surface area contributed by atoms with Crippen molar-refractivity contribution >= 4 is 17.6 Å². The lowest BCUT2D eigenvalue weighted by atomic mass is 10.1. The van der Waals surface area contributed by atoms with Crippen LogP contribution in [0.2, 0.25) is 5.02 Å². The van der Waals surface area contributed by atoms with E-state index in [4.69, 9.17) is 31.5 Å². The second kappa shape index (κ2) is 11.3. The van der Waals surface area contributed by atoms with Gasteiger partial charge in [0.2, 0.25) is 0 Å². The van der Waals surface area contributed by atoms with Crippen molar-refractivity contribution in [1.82, 2.24) is 5.32 Å². The molecule has 3 N–H and O–H groups in total. The van der Waals surface area contributed by atoms with Gasteiger partial charge < -0.3 is 25.3 Å². The molecule has 7 heteroatoms. The first-order valence-corrected chi connectivity index (χ1v) is 9.61. The number of hydrogen-bond acceptors (Lipinski definition) is 4. The summed E-state index contributed by atoms with van der Waals surface area (Å²) in [4.78, 5) is 4.38. The molecule has 6 nitrogen and oxygen atoms in total. The lowest BCUT2D eigenvalue weighted by Crippen LogP contribution is -2.33. The zero-order valence-corrected chi connectivity index (χ0v) is 17.4. The summed E-state index contributed by atoms with van der Waals surface area (Å²) in [7, 11) is 3.25. The predicted molar refractivity (Wildman–Crippen MR) is 114 cm³/mol. The summed E-state index contributed by atoms with van der Waals surface area (Å²) in [6, 6.07) is 11.5. The summed E-state index contributed by atoms with van der Waals surface area (Å²) in [6.45, 7) is 3.79. The number of nitrogens with zero attached hydrogens (tertiary/aromatic N) is 1. The van der Waals surface area contributed by atoms with Crippen LogP contribution < -0.4 is 25.3 Å². The van der Waals surface area contributed by atoms with Gasteiger partial charge in [0.25, 0.3) is 0 Å². The van der Waals surface area contributed by atoms with Crippen LogP contribution in [0.4, 0.5) is 0 Å². The Morgan fingerprint density at radius 3 is 2.50 bits per heavy atom. The zero-order valence-electron chi connectivity index (χ0n) is 16.6. The molecule has 28 heavy (non-hydrogen) atoms. The number of ether oxygens (including phenoxy) is 3. The Labute approximate surface area is 171 Å². The smallest absolute Gasteiger partial charge is 0.188 e. The van der Waals surface area contributed by atoms with E-state index in [1.165, 1.54) is 0 Å². The highest BCUT2D eigenvalue weighted by Crippen LogP contribution is 2.27. The Hall–Kier alpha value is -2.60. The van der Waals surface area contributed by atoms with Gasteiger partial charge in [0.05, 0.1) is 20.8 Å². The second-order valence-electron chi connectivity index (χ2n) is 6.07. The van der Waals surface area contributed by atoms with E-state index in [-0.39, 0.29) is 0 Å². The van der Waals surface area contributed by atoms with Crippen molar-refractivity contribution in [3.63, 3.8) is 0 Å². The fourth-order valence-corrected chi connectivity index (χ4v) is 2.96. The molecule has 2 aromatic rings. The van der Waals surface area contributed by atoms with Crippen molar-refractivity contribution in [2.45, 2.75) is 19.8 Å². The molecular formula is C21H28ClN3O3. The van der Waals surface area contributed by atoms with Crippen molar-refractivity contribution in [2.75, 3.05) is 33.9 Å². The molecule has 0 radical (unpaired) electrons. The Bertz CT molecular complexity index is 796. The molecule has 0 saturated carbocycles. The van der Waals surface area contributed by atoms with Crippen LogP contribution in [0.5, 0.6) is 17.2 Å². The van der Waals surface area contributed by atoms with Gasteiger partial charge in [0, 0.05) is 18.1 Å². The van der Waals surface area contributed by atoms with Gasteiger partial charge in [-0.1, -0.05) is 17.7 Å². The van der Waals surface area contributed by atoms with E-state index >= 15 is 0 Å². The van der Waals surface area contributed by atoms with Gasteiger partial charge in [-0.25, -0.2) is 0 Å². The molecule has 2 aromatic carbocycles. The first kappa shape index (κ1) is 21.7. The highest BCUT2D eigenvalue weighted by Gasteiger charge is 2.06. The minimum Gasteiger partial charge on any atom is -0.494 e. The Morgan fingerprint density at radius 1 is 1.04 bits per heavy atom. The van der Waals surface area contributed by atoms with Gasteiger partial charge in [-0.2, -0.15) is 0 Å². The number of rotatable bonds is 10. The molecule has 0 aromatic heterocycles. The van der Waals surface area contributed by atoms with E-state index in [2.05, 4.69) is 10.3 Å². The lowest BCUT2D eigenvalue weighted by Gasteiger charge is -2.11. The van der Waals surface area contributed by atoms with E-state index in [1.54, 1.807) is 14.2 Å². The lowest BCUT2D eigenvalue weighted by molar-refractivity contribution is 0.336. The van der Waals surface area contributed by atoms with Gasteiger partial charge >= 0.3 is 0 Å². The van der Waals surface area contributed by atoms with Gasteiger partial charge in [0.1, 0.15) is 5.75 Å². The third-order valence-corrected chi connectivity index (χ3v) is 4.39. The standard InChI is InChI=1S/C21H28ClN3O3/c1-4-28-18-8-6-17(22)14-16(18)10-12-25-21(23)24-11-9-15-5-7-19(26-2)20(13-15)27-3/h5-8,13-14H,4,9-12H2,1-3H3,(H3,23,24,25). The summed E-state index contributed by atoms with van der Waals surface area (Å²) in [5, 5.41) is 3.82. The number of nitrogens with one attached hydrogen (secondary N) is 1. The Morgan fingerprint density at radius 2 is 1.79 bits per heavy atom. The summed E-state index contributed by atoms with van der Waals surface area (Å²) in [6.07, 6.45) is 1.49. The number of nitrogens with two attached hydrogens (primary N) is 1. The molecule has 0 atom stereocenters. The minimum absolute atomic E-state index is 0.417. The maximum Gasteiger partial charge on any atom is 0.188 e. The third kappa shape index (κ3) is 6.53. The third-order valence-electron chi connectivity index (χ3n) is 4.15. The fourth-order valence-electron chi connectivity index (χ4n) is 2.76. The molecule has 0 bridgehead atoms. The zero-order chi connectivity index (χ0) is 20.4. The number of methoxy groups -OCH3 is 2. The highest BCUT2D eigenvalue weighted by atomic mass is 35.5. The largest absolute Gasteiger partial charge is 0.494 e. The van der Waals surface area contributed by atoms with E-state index in [0.717, 1.165) is 23.3 Å². The predicted octanol–water partition coefficient (Wildman–Crippen LogP) is 3.45.